The molecule has 1 aliphatic carbocycles. The molecule has 1 N–H and O–H groups in total. The normalized spacial score (nSPS) is 21.4. The fourth-order valence-corrected chi connectivity index (χ4v) is 6.25. The Labute approximate surface area is 196 Å². The summed E-state index contributed by atoms with van der Waals surface area (Å²) in [6, 6.07) is 13.9. The van der Waals surface area contributed by atoms with Gasteiger partial charge in [0.1, 0.15) is 5.75 Å². The molecule has 2 aliphatic heterocycles. The van der Waals surface area contributed by atoms with Crippen LogP contribution >= 0.6 is 11.9 Å². The molecule has 4 nitrogen and oxygen atoms in total. The van der Waals surface area contributed by atoms with E-state index in [0.717, 1.165) is 49.7 Å². The molecule has 5 rings (SSSR count). The van der Waals surface area contributed by atoms with Gasteiger partial charge < -0.3 is 18.9 Å². The molecule has 0 radical (unpaired) electrons. The van der Waals surface area contributed by atoms with E-state index in [2.05, 4.69) is 41.6 Å². The van der Waals surface area contributed by atoms with Crippen molar-refractivity contribution >= 4 is 17.6 Å². The van der Waals surface area contributed by atoms with Gasteiger partial charge in [0.2, 0.25) is 0 Å². The van der Waals surface area contributed by atoms with Crippen LogP contribution in [0, 0.1) is 11.8 Å². The monoisotopic (exact) mass is 453 g/mol. The lowest BCUT2D eigenvalue weighted by atomic mass is 9.93. The zero-order valence-electron chi connectivity index (χ0n) is 19.1. The lowest BCUT2D eigenvalue weighted by molar-refractivity contribution is 0.0494. The largest absolute Gasteiger partial charge is 0.493 e. The summed E-state index contributed by atoms with van der Waals surface area (Å²) in [6.45, 7) is 4.59. The van der Waals surface area contributed by atoms with Gasteiger partial charge in [0.15, 0.2) is 0 Å². The molecule has 0 aromatic heterocycles. The Hall–Kier alpha value is -1.69. The highest BCUT2D eigenvalue weighted by Gasteiger charge is 2.39. The topological polar surface area (TPSA) is 41.9 Å². The van der Waals surface area contributed by atoms with Crippen LogP contribution in [0.3, 0.4) is 0 Å². The number of ether oxygens (including phenoxy) is 2. The second-order valence-corrected chi connectivity index (χ2v) is 10.5. The van der Waals surface area contributed by atoms with Crippen LogP contribution in [0.1, 0.15) is 55.7 Å². The van der Waals surface area contributed by atoms with E-state index < -0.39 is 0 Å². The van der Waals surface area contributed by atoms with E-state index in [9.17, 15) is 5.11 Å². The zero-order valence-corrected chi connectivity index (χ0v) is 19.9. The van der Waals surface area contributed by atoms with Crippen molar-refractivity contribution in [3.63, 3.8) is 0 Å². The average Bonchev–Trinajstić information content (AvgIpc) is 3.69. The first-order valence-corrected chi connectivity index (χ1v) is 13.1. The maximum absolute atomic E-state index is 10.0. The number of fused-ring (bicyclic) bond motifs is 1. The minimum atomic E-state index is 0.0000116. The van der Waals surface area contributed by atoms with Gasteiger partial charge in [0, 0.05) is 29.7 Å². The van der Waals surface area contributed by atoms with Gasteiger partial charge in [-0.25, -0.2) is 0 Å². The van der Waals surface area contributed by atoms with E-state index in [1.54, 1.807) is 0 Å². The molecule has 1 saturated heterocycles. The number of aryl methyl sites for hydroxylation is 2. The SMILES string of the molecule is CCc1ccc2c(c1)CCC(C1CC1)N2Sc1ccc(OCC2CCOCC2)c(CO)c1. The minimum absolute atomic E-state index is 0.0000116. The van der Waals surface area contributed by atoms with Gasteiger partial charge in [-0.3, -0.25) is 0 Å². The lowest BCUT2D eigenvalue weighted by Crippen LogP contribution is -2.35. The van der Waals surface area contributed by atoms with E-state index >= 15 is 0 Å². The Bertz CT molecular complexity index is 923. The van der Waals surface area contributed by atoms with E-state index in [1.165, 1.54) is 47.4 Å². The summed E-state index contributed by atoms with van der Waals surface area (Å²) < 4.78 is 14.1. The summed E-state index contributed by atoms with van der Waals surface area (Å²) in [5, 5.41) is 10.0. The lowest BCUT2D eigenvalue weighted by Gasteiger charge is -2.38. The van der Waals surface area contributed by atoms with Crippen LogP contribution < -0.4 is 9.04 Å². The summed E-state index contributed by atoms with van der Waals surface area (Å²) in [7, 11) is 0. The standard InChI is InChI=1S/C27H35NO3S/c1-2-19-3-8-26-22(15-19)6-9-25(21-4-5-21)28(26)32-24-7-10-27(23(16-24)17-29)31-18-20-11-13-30-14-12-20/h3,7-8,10,15-16,20-21,25,29H,2,4-6,9,11-14,17-18H2,1H3. The van der Waals surface area contributed by atoms with Gasteiger partial charge >= 0.3 is 0 Å². The molecule has 2 aromatic rings. The molecule has 2 fully saturated rings. The number of aliphatic hydroxyl groups is 1. The highest BCUT2D eigenvalue weighted by molar-refractivity contribution is 8.00. The van der Waals surface area contributed by atoms with E-state index in [0.29, 0.717) is 18.6 Å². The van der Waals surface area contributed by atoms with Crippen molar-refractivity contribution < 1.29 is 14.6 Å². The molecule has 1 saturated carbocycles. The number of nitrogens with zero attached hydrogens (tertiary/aromatic N) is 1. The van der Waals surface area contributed by atoms with Gasteiger partial charge in [-0.15, -0.1) is 0 Å². The van der Waals surface area contributed by atoms with Gasteiger partial charge in [-0.05, 0) is 104 Å². The van der Waals surface area contributed by atoms with Crippen molar-refractivity contribution in [1.82, 2.24) is 0 Å². The maximum Gasteiger partial charge on any atom is 0.124 e. The third kappa shape index (κ3) is 4.95. The molecule has 32 heavy (non-hydrogen) atoms. The van der Waals surface area contributed by atoms with Crippen LogP contribution in [0.4, 0.5) is 5.69 Å². The molecule has 0 spiro atoms. The van der Waals surface area contributed by atoms with Crippen molar-refractivity contribution in [2.24, 2.45) is 11.8 Å². The van der Waals surface area contributed by atoms with Crippen LogP contribution in [0.15, 0.2) is 41.3 Å². The summed E-state index contributed by atoms with van der Waals surface area (Å²) in [4.78, 5) is 1.17. The Morgan fingerprint density at radius 1 is 1.06 bits per heavy atom. The summed E-state index contributed by atoms with van der Waals surface area (Å²) >= 11 is 1.83. The van der Waals surface area contributed by atoms with Gasteiger partial charge in [0.05, 0.1) is 18.9 Å². The Balaban J connectivity index is 1.34. The summed E-state index contributed by atoms with van der Waals surface area (Å²) in [5.41, 5.74) is 5.16. The molecule has 2 heterocycles. The Morgan fingerprint density at radius 3 is 2.66 bits per heavy atom. The number of rotatable bonds is 8. The highest BCUT2D eigenvalue weighted by Crippen LogP contribution is 2.47. The smallest absolute Gasteiger partial charge is 0.124 e. The van der Waals surface area contributed by atoms with Crippen LogP contribution in [0.5, 0.6) is 5.75 Å². The van der Waals surface area contributed by atoms with Crippen LogP contribution in [-0.2, 0) is 24.2 Å². The predicted molar refractivity (Wildman–Crippen MR) is 130 cm³/mol. The van der Waals surface area contributed by atoms with Crippen molar-refractivity contribution in [3.05, 3.63) is 53.1 Å². The molecule has 5 heteroatoms. The third-order valence-corrected chi connectivity index (χ3v) is 8.32. The summed E-state index contributed by atoms with van der Waals surface area (Å²) in [5.74, 6) is 2.18. The molecule has 0 bridgehead atoms. The van der Waals surface area contributed by atoms with Crippen molar-refractivity contribution in [1.29, 1.82) is 0 Å². The summed E-state index contributed by atoms with van der Waals surface area (Å²) in [6.07, 6.45) is 8.31. The second-order valence-electron chi connectivity index (χ2n) is 9.47. The van der Waals surface area contributed by atoms with Crippen LogP contribution in [0.25, 0.3) is 0 Å². The number of benzene rings is 2. The molecular formula is C27H35NO3S. The maximum atomic E-state index is 10.0. The quantitative estimate of drug-likeness (QED) is 0.513. The molecule has 2 aromatic carbocycles. The molecule has 0 amide bonds. The minimum Gasteiger partial charge on any atom is -0.493 e. The van der Waals surface area contributed by atoms with E-state index in [-0.39, 0.29) is 6.61 Å². The fourth-order valence-electron chi connectivity index (χ4n) is 5.01. The Morgan fingerprint density at radius 2 is 1.91 bits per heavy atom. The van der Waals surface area contributed by atoms with Gasteiger partial charge in [0.25, 0.3) is 0 Å². The molecule has 1 atom stereocenters. The Kier molecular flexibility index (Phi) is 6.96. The van der Waals surface area contributed by atoms with Crippen molar-refractivity contribution in [2.45, 2.75) is 69.4 Å². The predicted octanol–water partition coefficient (Wildman–Crippen LogP) is 5.79. The number of hydrogen-bond donors (Lipinski definition) is 1. The number of hydrogen-bond acceptors (Lipinski definition) is 5. The first-order valence-electron chi connectivity index (χ1n) is 12.3. The molecule has 1 unspecified atom stereocenters. The van der Waals surface area contributed by atoms with Gasteiger partial charge in [-0.1, -0.05) is 19.1 Å². The third-order valence-electron chi connectivity index (χ3n) is 7.19. The first-order chi connectivity index (χ1) is 15.7. The van der Waals surface area contributed by atoms with Crippen LogP contribution in [0.2, 0.25) is 0 Å². The van der Waals surface area contributed by atoms with Crippen LogP contribution in [-0.4, -0.2) is 31.0 Å². The molecular weight excluding hydrogens is 418 g/mol. The van der Waals surface area contributed by atoms with Gasteiger partial charge in [-0.2, -0.15) is 0 Å². The zero-order chi connectivity index (χ0) is 21.9. The number of anilines is 1. The molecule has 3 aliphatic rings. The van der Waals surface area contributed by atoms with E-state index in [1.807, 2.05) is 18.0 Å². The molecule has 172 valence electrons. The van der Waals surface area contributed by atoms with Crippen molar-refractivity contribution in [2.75, 3.05) is 24.1 Å². The van der Waals surface area contributed by atoms with Crippen molar-refractivity contribution in [3.8, 4) is 5.75 Å². The van der Waals surface area contributed by atoms with E-state index in [4.69, 9.17) is 9.47 Å². The second kappa shape index (κ2) is 10.1. The highest BCUT2D eigenvalue weighted by atomic mass is 32.2. The fraction of sp³-hybridized carbons (Fsp3) is 0.556. The number of aliphatic hydroxyl groups excluding tert-OH is 1. The first kappa shape index (κ1) is 22.1. The average molecular weight is 454 g/mol.